The van der Waals surface area contributed by atoms with Gasteiger partial charge in [-0.3, -0.25) is 4.79 Å². The zero-order valence-corrected chi connectivity index (χ0v) is 13.4. The minimum atomic E-state index is -0.182. The zero-order valence-electron chi connectivity index (χ0n) is 11.8. The molecule has 1 unspecified atom stereocenters. The molecule has 0 aliphatic rings. The molecular weight excluding hydrogens is 308 g/mol. The SMILES string of the molecule is CC(C)Oc1ncccc1CNC(=O)C(Br)C(C)C. The van der Waals surface area contributed by atoms with Gasteiger partial charge in [0.25, 0.3) is 0 Å². The van der Waals surface area contributed by atoms with Gasteiger partial charge in [0.2, 0.25) is 11.8 Å². The van der Waals surface area contributed by atoms with Crippen molar-refractivity contribution in [2.45, 2.75) is 45.2 Å². The average molecular weight is 329 g/mol. The van der Waals surface area contributed by atoms with Crippen molar-refractivity contribution in [1.82, 2.24) is 10.3 Å². The van der Waals surface area contributed by atoms with Crippen molar-refractivity contribution < 1.29 is 9.53 Å². The lowest BCUT2D eigenvalue weighted by Gasteiger charge is -2.16. The van der Waals surface area contributed by atoms with Crippen molar-refractivity contribution in [1.29, 1.82) is 0 Å². The van der Waals surface area contributed by atoms with Gasteiger partial charge in [0.15, 0.2) is 0 Å². The molecule has 1 N–H and O–H groups in total. The Morgan fingerprint density at radius 1 is 1.42 bits per heavy atom. The number of rotatable bonds is 6. The molecule has 106 valence electrons. The van der Waals surface area contributed by atoms with E-state index in [0.29, 0.717) is 12.4 Å². The Balaban J connectivity index is 2.65. The molecule has 1 heterocycles. The number of nitrogens with zero attached hydrogens (tertiary/aromatic N) is 1. The second-order valence-electron chi connectivity index (χ2n) is 5.00. The molecule has 1 rings (SSSR count). The minimum absolute atomic E-state index is 0.0191. The fraction of sp³-hybridized carbons (Fsp3) is 0.571. The number of aromatic nitrogens is 1. The molecule has 0 saturated carbocycles. The maximum Gasteiger partial charge on any atom is 0.234 e. The number of carbonyl (C=O) groups is 1. The van der Waals surface area contributed by atoms with Crippen molar-refractivity contribution >= 4 is 21.8 Å². The Bertz CT molecular complexity index is 422. The normalized spacial score (nSPS) is 12.6. The van der Waals surface area contributed by atoms with Gasteiger partial charge in [-0.1, -0.05) is 35.8 Å². The number of alkyl halides is 1. The lowest BCUT2D eigenvalue weighted by Crippen LogP contribution is -2.33. The number of ether oxygens (including phenoxy) is 1. The van der Waals surface area contributed by atoms with Crippen LogP contribution in [0.1, 0.15) is 33.3 Å². The lowest BCUT2D eigenvalue weighted by molar-refractivity contribution is -0.121. The van der Waals surface area contributed by atoms with Crippen LogP contribution in [-0.2, 0) is 11.3 Å². The van der Waals surface area contributed by atoms with E-state index in [0.717, 1.165) is 5.56 Å². The Kier molecular flexibility index (Phi) is 6.28. The van der Waals surface area contributed by atoms with Gasteiger partial charge in [-0.05, 0) is 25.8 Å². The summed E-state index contributed by atoms with van der Waals surface area (Å²) in [5.74, 6) is 0.808. The summed E-state index contributed by atoms with van der Waals surface area (Å²) in [6, 6.07) is 3.74. The quantitative estimate of drug-likeness (QED) is 0.817. The van der Waals surface area contributed by atoms with Crippen molar-refractivity contribution in [2.75, 3.05) is 0 Å². The fourth-order valence-electron chi connectivity index (χ4n) is 1.47. The lowest BCUT2D eigenvalue weighted by atomic mass is 10.1. The largest absolute Gasteiger partial charge is 0.475 e. The van der Waals surface area contributed by atoms with Crippen LogP contribution in [0.4, 0.5) is 0 Å². The van der Waals surface area contributed by atoms with Gasteiger partial charge in [-0.2, -0.15) is 0 Å². The maximum atomic E-state index is 11.9. The highest BCUT2D eigenvalue weighted by atomic mass is 79.9. The summed E-state index contributed by atoms with van der Waals surface area (Å²) in [4.78, 5) is 15.9. The van der Waals surface area contributed by atoms with Crippen LogP contribution in [0.15, 0.2) is 18.3 Å². The highest BCUT2D eigenvalue weighted by Crippen LogP contribution is 2.17. The van der Waals surface area contributed by atoms with Crippen molar-refractivity contribution in [3.63, 3.8) is 0 Å². The van der Waals surface area contributed by atoms with Gasteiger partial charge in [0.05, 0.1) is 10.9 Å². The molecule has 0 spiro atoms. The predicted molar refractivity (Wildman–Crippen MR) is 79.4 cm³/mol. The molecule has 5 heteroatoms. The summed E-state index contributed by atoms with van der Waals surface area (Å²) in [6.07, 6.45) is 1.74. The molecule has 19 heavy (non-hydrogen) atoms. The Morgan fingerprint density at radius 2 is 2.11 bits per heavy atom. The number of pyridine rings is 1. The Hall–Kier alpha value is -1.10. The first kappa shape index (κ1) is 16.0. The molecule has 4 nitrogen and oxygen atoms in total. The van der Waals surface area contributed by atoms with Crippen molar-refractivity contribution in [3.05, 3.63) is 23.9 Å². The van der Waals surface area contributed by atoms with E-state index >= 15 is 0 Å². The van der Waals surface area contributed by atoms with E-state index in [1.165, 1.54) is 0 Å². The van der Waals surface area contributed by atoms with Gasteiger partial charge in [-0.25, -0.2) is 4.98 Å². The summed E-state index contributed by atoms with van der Waals surface area (Å²) in [5, 5.41) is 2.89. The van der Waals surface area contributed by atoms with E-state index < -0.39 is 0 Å². The fourth-order valence-corrected chi connectivity index (χ4v) is 1.63. The number of carbonyl (C=O) groups excluding carboxylic acids is 1. The first-order chi connectivity index (χ1) is 8.91. The van der Waals surface area contributed by atoms with E-state index in [4.69, 9.17) is 4.74 Å². The molecule has 0 aromatic carbocycles. The van der Waals surface area contributed by atoms with Crippen LogP contribution < -0.4 is 10.1 Å². The van der Waals surface area contributed by atoms with Gasteiger partial charge in [-0.15, -0.1) is 0 Å². The first-order valence-corrected chi connectivity index (χ1v) is 7.35. The monoisotopic (exact) mass is 328 g/mol. The standard InChI is InChI=1S/C14H21BrN2O2/c1-9(2)12(15)13(18)17-8-11-6-5-7-16-14(11)19-10(3)4/h5-7,9-10,12H,8H2,1-4H3,(H,17,18). The van der Waals surface area contributed by atoms with Gasteiger partial charge in [0, 0.05) is 18.3 Å². The molecule has 0 aliphatic carbocycles. The average Bonchev–Trinajstić information content (AvgIpc) is 2.35. The topological polar surface area (TPSA) is 51.2 Å². The number of nitrogens with one attached hydrogen (secondary N) is 1. The Labute approximate surface area is 123 Å². The molecule has 0 radical (unpaired) electrons. The van der Waals surface area contributed by atoms with Crippen LogP contribution in [-0.4, -0.2) is 21.8 Å². The second kappa shape index (κ2) is 7.48. The summed E-state index contributed by atoms with van der Waals surface area (Å²) in [5.41, 5.74) is 0.882. The highest BCUT2D eigenvalue weighted by Gasteiger charge is 2.18. The third-order valence-electron chi connectivity index (χ3n) is 2.49. The second-order valence-corrected chi connectivity index (χ2v) is 5.98. The molecule has 0 saturated heterocycles. The third-order valence-corrected chi connectivity index (χ3v) is 3.96. The zero-order chi connectivity index (χ0) is 14.4. The predicted octanol–water partition coefficient (Wildman–Crippen LogP) is 2.90. The van der Waals surface area contributed by atoms with Gasteiger partial charge in [0.1, 0.15) is 0 Å². The van der Waals surface area contributed by atoms with E-state index in [-0.39, 0.29) is 22.8 Å². The van der Waals surface area contributed by atoms with E-state index in [1.807, 2.05) is 39.8 Å². The minimum Gasteiger partial charge on any atom is -0.475 e. The van der Waals surface area contributed by atoms with Crippen LogP contribution >= 0.6 is 15.9 Å². The third kappa shape index (κ3) is 5.19. The first-order valence-electron chi connectivity index (χ1n) is 6.44. The number of hydrogen-bond donors (Lipinski definition) is 1. The molecule has 1 amide bonds. The van der Waals surface area contributed by atoms with Crippen molar-refractivity contribution in [3.8, 4) is 5.88 Å². The van der Waals surface area contributed by atoms with Crippen LogP contribution in [0.3, 0.4) is 0 Å². The summed E-state index contributed by atoms with van der Waals surface area (Å²) >= 11 is 3.38. The van der Waals surface area contributed by atoms with Crippen LogP contribution in [0.25, 0.3) is 0 Å². The van der Waals surface area contributed by atoms with Crippen LogP contribution in [0.2, 0.25) is 0 Å². The van der Waals surface area contributed by atoms with E-state index in [2.05, 4.69) is 26.2 Å². The highest BCUT2D eigenvalue weighted by molar-refractivity contribution is 9.10. The number of halogens is 1. The summed E-state index contributed by atoms with van der Waals surface area (Å²) < 4.78 is 5.61. The van der Waals surface area contributed by atoms with Crippen molar-refractivity contribution in [2.24, 2.45) is 5.92 Å². The number of amides is 1. The van der Waals surface area contributed by atoms with Crippen LogP contribution in [0, 0.1) is 5.92 Å². The molecule has 1 atom stereocenters. The molecule has 0 aliphatic heterocycles. The van der Waals surface area contributed by atoms with Gasteiger partial charge < -0.3 is 10.1 Å². The molecular formula is C14H21BrN2O2. The smallest absolute Gasteiger partial charge is 0.234 e. The Morgan fingerprint density at radius 3 is 2.68 bits per heavy atom. The van der Waals surface area contributed by atoms with E-state index in [1.54, 1.807) is 6.20 Å². The maximum absolute atomic E-state index is 11.9. The van der Waals surface area contributed by atoms with Gasteiger partial charge >= 0.3 is 0 Å². The summed E-state index contributed by atoms with van der Waals surface area (Å²) in [6.45, 7) is 8.31. The summed E-state index contributed by atoms with van der Waals surface area (Å²) in [7, 11) is 0. The molecule has 0 bridgehead atoms. The van der Waals surface area contributed by atoms with Crippen LogP contribution in [0.5, 0.6) is 5.88 Å². The molecule has 1 aromatic rings. The molecule has 0 fully saturated rings. The van der Waals surface area contributed by atoms with E-state index in [9.17, 15) is 4.79 Å². The number of hydrogen-bond acceptors (Lipinski definition) is 3. The molecule has 1 aromatic heterocycles.